The molecule has 2 rings (SSSR count). The molecule has 0 saturated heterocycles. The quantitative estimate of drug-likeness (QED) is 0.482. The fourth-order valence-corrected chi connectivity index (χ4v) is 3.93. The molecule has 5 heteroatoms. The molecule has 4 N–H and O–H groups in total. The van der Waals surface area contributed by atoms with Crippen LogP contribution in [0.3, 0.4) is 0 Å². The lowest BCUT2D eigenvalue weighted by Gasteiger charge is -2.20. The van der Waals surface area contributed by atoms with E-state index in [1.165, 1.54) is 5.56 Å². The van der Waals surface area contributed by atoms with E-state index in [2.05, 4.69) is 24.3 Å². The minimum absolute atomic E-state index is 0.167. The zero-order valence-electron chi connectivity index (χ0n) is 16.9. The summed E-state index contributed by atoms with van der Waals surface area (Å²) in [6.45, 7) is 2.28. The number of aliphatic hydroxyl groups is 2. The number of benzene rings is 1. The second kappa shape index (κ2) is 12.0. The molecule has 0 fully saturated rings. The van der Waals surface area contributed by atoms with Crippen molar-refractivity contribution in [3.05, 3.63) is 65.5 Å². The van der Waals surface area contributed by atoms with E-state index in [1.807, 2.05) is 30.5 Å². The Morgan fingerprint density at radius 2 is 1.89 bits per heavy atom. The van der Waals surface area contributed by atoms with Crippen molar-refractivity contribution in [2.45, 2.75) is 56.5 Å². The predicted octanol–water partition coefficient (Wildman–Crippen LogP) is 4.24. The Morgan fingerprint density at radius 3 is 2.57 bits per heavy atom. The molecule has 1 aromatic carbocycles. The van der Waals surface area contributed by atoms with Crippen LogP contribution in [0.2, 0.25) is 0 Å². The Bertz CT molecular complexity index is 680. The van der Waals surface area contributed by atoms with Gasteiger partial charge in [-0.2, -0.15) is 11.8 Å². The van der Waals surface area contributed by atoms with Gasteiger partial charge in [-0.1, -0.05) is 30.4 Å². The number of nitrogen functional groups attached to an aromatic ring is 1. The third kappa shape index (κ3) is 7.74. The number of rotatable bonds is 11. The van der Waals surface area contributed by atoms with Gasteiger partial charge in [0.15, 0.2) is 0 Å². The Morgan fingerprint density at radius 1 is 1.14 bits per heavy atom. The van der Waals surface area contributed by atoms with E-state index < -0.39 is 6.10 Å². The summed E-state index contributed by atoms with van der Waals surface area (Å²) in [5.74, 6) is 0.889. The maximum Gasteiger partial charge on any atom is 0.119 e. The Hall–Kier alpha value is -1.69. The Labute approximate surface area is 173 Å². The first kappa shape index (κ1) is 22.6. The molecule has 1 aliphatic rings. The molecule has 0 aliphatic heterocycles. The van der Waals surface area contributed by atoms with Gasteiger partial charge in [0.2, 0.25) is 0 Å². The number of aliphatic hydroxyl groups excluding tert-OH is 2. The van der Waals surface area contributed by atoms with Crippen molar-refractivity contribution in [2.75, 3.05) is 18.6 Å². The standard InChI is InChI=1S/C23H33NO3S/c1-17(25)23(28-2)13-12-21(26)14-15-27-22-7-5-3-4-6-19(22)16-18-8-10-20(24)11-9-18/h3-4,6-11,17,21,23,25-26H,5,12-16,24H2,1-2H3. The van der Waals surface area contributed by atoms with Gasteiger partial charge in [0.25, 0.3) is 0 Å². The van der Waals surface area contributed by atoms with Crippen LogP contribution in [0.25, 0.3) is 0 Å². The summed E-state index contributed by atoms with van der Waals surface area (Å²) in [5, 5.41) is 20.1. The van der Waals surface area contributed by atoms with Crippen LogP contribution in [-0.4, -0.2) is 40.5 Å². The van der Waals surface area contributed by atoms with E-state index in [0.717, 1.165) is 36.3 Å². The highest BCUT2D eigenvalue weighted by Crippen LogP contribution is 2.23. The summed E-state index contributed by atoms with van der Waals surface area (Å²) in [7, 11) is 0. The zero-order valence-corrected chi connectivity index (χ0v) is 17.7. The molecule has 0 aromatic heterocycles. The number of thioether (sulfide) groups is 1. The van der Waals surface area contributed by atoms with Crippen LogP contribution < -0.4 is 5.73 Å². The first-order chi connectivity index (χ1) is 13.5. The van der Waals surface area contributed by atoms with Crippen LogP contribution in [0.5, 0.6) is 0 Å². The van der Waals surface area contributed by atoms with E-state index in [0.29, 0.717) is 19.4 Å². The van der Waals surface area contributed by atoms with E-state index >= 15 is 0 Å². The normalized spacial score (nSPS) is 17.3. The molecular weight excluding hydrogens is 370 g/mol. The monoisotopic (exact) mass is 403 g/mol. The van der Waals surface area contributed by atoms with Crippen LogP contribution in [0.1, 0.15) is 38.2 Å². The molecule has 0 spiro atoms. The Kier molecular flexibility index (Phi) is 9.68. The van der Waals surface area contributed by atoms with E-state index in [4.69, 9.17) is 10.5 Å². The second-order valence-electron chi connectivity index (χ2n) is 7.23. The molecule has 3 unspecified atom stereocenters. The molecule has 0 amide bonds. The van der Waals surface area contributed by atoms with Crippen LogP contribution in [-0.2, 0) is 11.2 Å². The highest BCUT2D eigenvalue weighted by atomic mass is 32.2. The number of allylic oxidation sites excluding steroid dienone is 5. The number of anilines is 1. The fourth-order valence-electron chi connectivity index (χ4n) is 3.17. The molecule has 0 radical (unpaired) electrons. The molecule has 4 nitrogen and oxygen atoms in total. The van der Waals surface area contributed by atoms with E-state index in [-0.39, 0.29) is 11.4 Å². The van der Waals surface area contributed by atoms with Crippen molar-refractivity contribution in [2.24, 2.45) is 0 Å². The maximum absolute atomic E-state index is 10.3. The van der Waals surface area contributed by atoms with Gasteiger partial charge in [-0.15, -0.1) is 0 Å². The van der Waals surface area contributed by atoms with Crippen molar-refractivity contribution in [3.8, 4) is 0 Å². The number of hydrogen-bond acceptors (Lipinski definition) is 5. The van der Waals surface area contributed by atoms with Gasteiger partial charge in [0, 0.05) is 23.8 Å². The van der Waals surface area contributed by atoms with Gasteiger partial charge in [-0.3, -0.25) is 0 Å². The third-order valence-corrected chi connectivity index (χ3v) is 6.13. The summed E-state index contributed by atoms with van der Waals surface area (Å²) in [5.41, 5.74) is 8.85. The van der Waals surface area contributed by atoms with Gasteiger partial charge in [-0.05, 0) is 61.8 Å². The molecule has 28 heavy (non-hydrogen) atoms. The molecule has 3 atom stereocenters. The summed E-state index contributed by atoms with van der Waals surface area (Å²) in [4.78, 5) is 0. The first-order valence-electron chi connectivity index (χ1n) is 9.92. The van der Waals surface area contributed by atoms with Crippen molar-refractivity contribution in [1.29, 1.82) is 0 Å². The van der Waals surface area contributed by atoms with Gasteiger partial charge < -0.3 is 20.7 Å². The minimum atomic E-state index is -0.414. The largest absolute Gasteiger partial charge is 0.494 e. The minimum Gasteiger partial charge on any atom is -0.494 e. The lowest BCUT2D eigenvalue weighted by atomic mass is 10.0. The fraction of sp³-hybridized carbons (Fsp3) is 0.478. The average molecular weight is 404 g/mol. The van der Waals surface area contributed by atoms with Gasteiger partial charge in [-0.25, -0.2) is 0 Å². The zero-order chi connectivity index (χ0) is 20.4. The topological polar surface area (TPSA) is 75.7 Å². The highest BCUT2D eigenvalue weighted by molar-refractivity contribution is 7.99. The smallest absolute Gasteiger partial charge is 0.119 e. The summed E-state index contributed by atoms with van der Waals surface area (Å²) in [6.07, 6.45) is 13.3. The van der Waals surface area contributed by atoms with Crippen molar-refractivity contribution in [1.82, 2.24) is 0 Å². The van der Waals surface area contributed by atoms with Gasteiger partial charge >= 0.3 is 0 Å². The molecule has 0 bridgehead atoms. The third-order valence-electron chi connectivity index (χ3n) is 4.90. The lowest BCUT2D eigenvalue weighted by molar-refractivity contribution is 0.104. The predicted molar refractivity (Wildman–Crippen MR) is 119 cm³/mol. The lowest BCUT2D eigenvalue weighted by Crippen LogP contribution is -2.21. The van der Waals surface area contributed by atoms with E-state index in [1.54, 1.807) is 18.7 Å². The summed E-state index contributed by atoms with van der Waals surface area (Å²) < 4.78 is 6.04. The second-order valence-corrected chi connectivity index (χ2v) is 8.30. The first-order valence-corrected chi connectivity index (χ1v) is 11.2. The molecular formula is C23H33NO3S. The maximum atomic E-state index is 10.3. The SMILES string of the molecule is CSC(CCC(O)CCOC1=CCC=CC=C1Cc1ccc(N)cc1)C(C)O. The number of hydrogen-bond donors (Lipinski definition) is 3. The Balaban J connectivity index is 1.83. The molecule has 0 heterocycles. The van der Waals surface area contributed by atoms with Crippen LogP contribution in [0, 0.1) is 0 Å². The van der Waals surface area contributed by atoms with Gasteiger partial charge in [0.05, 0.1) is 18.8 Å². The summed E-state index contributed by atoms with van der Waals surface area (Å²) >= 11 is 1.65. The average Bonchev–Trinajstić information content (AvgIpc) is 2.89. The van der Waals surface area contributed by atoms with E-state index in [9.17, 15) is 10.2 Å². The van der Waals surface area contributed by atoms with Gasteiger partial charge in [0.1, 0.15) is 5.76 Å². The number of ether oxygens (including phenoxy) is 1. The van der Waals surface area contributed by atoms with Crippen LogP contribution in [0.4, 0.5) is 5.69 Å². The highest BCUT2D eigenvalue weighted by Gasteiger charge is 2.16. The molecule has 1 aliphatic carbocycles. The van der Waals surface area contributed by atoms with Crippen molar-refractivity contribution in [3.63, 3.8) is 0 Å². The van der Waals surface area contributed by atoms with Crippen LogP contribution >= 0.6 is 11.8 Å². The van der Waals surface area contributed by atoms with Crippen molar-refractivity contribution >= 4 is 17.4 Å². The molecule has 1 aromatic rings. The molecule has 0 saturated carbocycles. The molecule has 154 valence electrons. The number of nitrogens with two attached hydrogens (primary N) is 1. The summed E-state index contributed by atoms with van der Waals surface area (Å²) in [6, 6.07) is 7.91. The van der Waals surface area contributed by atoms with Crippen LogP contribution in [0.15, 0.2) is 59.9 Å². The van der Waals surface area contributed by atoms with Crippen molar-refractivity contribution < 1.29 is 14.9 Å².